The van der Waals surface area contributed by atoms with Gasteiger partial charge in [0.1, 0.15) is 0 Å². The minimum atomic E-state index is -1.38. The van der Waals surface area contributed by atoms with Crippen LogP contribution in [0.15, 0.2) is 35.5 Å². The van der Waals surface area contributed by atoms with Crippen LogP contribution in [-0.4, -0.2) is 23.5 Å². The van der Waals surface area contributed by atoms with Crippen molar-refractivity contribution in [3.63, 3.8) is 0 Å². The number of nitro groups is 1. The highest BCUT2D eigenvalue weighted by Crippen LogP contribution is 2.23. The predicted octanol–water partition coefficient (Wildman–Crippen LogP) is 1.70. The van der Waals surface area contributed by atoms with Gasteiger partial charge in [-0.2, -0.15) is 0 Å². The molecule has 0 aliphatic heterocycles. The molecule has 96 valence electrons. The van der Waals surface area contributed by atoms with Crippen molar-refractivity contribution in [1.29, 1.82) is 0 Å². The smallest absolute Gasteiger partial charge is 0.302 e. The minimum Gasteiger partial charge on any atom is -0.458 e. The second-order valence-electron chi connectivity index (χ2n) is 3.62. The molecule has 0 fully saturated rings. The Bertz CT molecular complexity index is 434. The first kappa shape index (κ1) is 13.8. The summed E-state index contributed by atoms with van der Waals surface area (Å²) >= 11 is 0. The lowest BCUT2D eigenvalue weighted by molar-refractivity contribution is -0.529. The Balaban J connectivity index is 2.91. The van der Waals surface area contributed by atoms with Crippen LogP contribution in [0.2, 0.25) is 0 Å². The molecule has 0 bridgehead atoms. The van der Waals surface area contributed by atoms with Gasteiger partial charge in [-0.05, 0) is 5.56 Å². The molecule has 0 aliphatic carbocycles. The Kier molecular flexibility index (Phi) is 4.91. The van der Waals surface area contributed by atoms with E-state index in [0.29, 0.717) is 5.56 Å². The summed E-state index contributed by atoms with van der Waals surface area (Å²) in [4.78, 5) is 31.7. The Morgan fingerprint density at radius 2 is 2.06 bits per heavy atom. The molecule has 0 saturated heterocycles. The topological polar surface area (TPSA) is 98.9 Å². The fourth-order valence-corrected chi connectivity index (χ4v) is 1.47. The van der Waals surface area contributed by atoms with E-state index >= 15 is 0 Å². The van der Waals surface area contributed by atoms with Gasteiger partial charge in [-0.25, -0.2) is 0 Å². The molecule has 0 radical (unpaired) electrons. The molecule has 0 aliphatic rings. The number of esters is 1. The molecule has 0 saturated carbocycles. The molecule has 1 rings (SSSR count). The third-order valence-corrected chi connectivity index (χ3v) is 2.35. The molecular formula is C11H12N2O5. The molecule has 7 heteroatoms. The van der Waals surface area contributed by atoms with Gasteiger partial charge in [0.15, 0.2) is 12.6 Å². The zero-order valence-corrected chi connectivity index (χ0v) is 9.68. The summed E-state index contributed by atoms with van der Waals surface area (Å²) in [5.41, 5.74) is 0.418. The maximum atomic E-state index is 10.9. The molecule has 2 unspecified atom stereocenters. The predicted molar refractivity (Wildman–Crippen MR) is 62.4 cm³/mol. The van der Waals surface area contributed by atoms with Gasteiger partial charge in [0.05, 0.1) is 0 Å². The average molecular weight is 252 g/mol. The van der Waals surface area contributed by atoms with Crippen molar-refractivity contribution in [2.75, 3.05) is 6.61 Å². The van der Waals surface area contributed by atoms with Crippen molar-refractivity contribution in [1.82, 2.24) is 0 Å². The highest BCUT2D eigenvalue weighted by Gasteiger charge is 2.35. The Hall–Kier alpha value is -2.31. The average Bonchev–Trinajstić information content (AvgIpc) is 2.34. The van der Waals surface area contributed by atoms with Gasteiger partial charge in [0.25, 0.3) is 6.04 Å². The summed E-state index contributed by atoms with van der Waals surface area (Å²) in [5.74, 6) is -0.639. The van der Waals surface area contributed by atoms with E-state index in [4.69, 9.17) is 0 Å². The number of ether oxygens (including phenoxy) is 1. The van der Waals surface area contributed by atoms with E-state index in [1.807, 2.05) is 0 Å². The Labute approximate surface area is 103 Å². The Morgan fingerprint density at radius 3 is 2.50 bits per heavy atom. The van der Waals surface area contributed by atoms with Gasteiger partial charge in [-0.15, -0.1) is 4.91 Å². The second kappa shape index (κ2) is 6.43. The zero-order valence-electron chi connectivity index (χ0n) is 9.68. The molecule has 0 heterocycles. The van der Waals surface area contributed by atoms with Gasteiger partial charge >= 0.3 is 5.97 Å². The number of nitrogens with zero attached hydrogens (tertiary/aromatic N) is 2. The lowest BCUT2D eigenvalue weighted by Gasteiger charge is -2.14. The van der Waals surface area contributed by atoms with E-state index in [9.17, 15) is 19.8 Å². The number of rotatable bonds is 6. The minimum absolute atomic E-state index is 0.418. The van der Waals surface area contributed by atoms with Crippen LogP contribution in [0.5, 0.6) is 0 Å². The third-order valence-electron chi connectivity index (χ3n) is 2.35. The van der Waals surface area contributed by atoms with E-state index < -0.39 is 29.6 Å². The molecule has 1 aromatic carbocycles. The van der Waals surface area contributed by atoms with Gasteiger partial charge in [0.2, 0.25) is 0 Å². The van der Waals surface area contributed by atoms with Crippen LogP contribution in [0.1, 0.15) is 18.5 Å². The number of benzene rings is 1. The zero-order chi connectivity index (χ0) is 13.5. The van der Waals surface area contributed by atoms with Crippen LogP contribution in [0.25, 0.3) is 0 Å². The number of carbonyl (C=O) groups excluding carboxylic acids is 1. The van der Waals surface area contributed by atoms with E-state index in [1.165, 1.54) is 0 Å². The third kappa shape index (κ3) is 3.62. The van der Waals surface area contributed by atoms with Crippen molar-refractivity contribution in [3.8, 4) is 0 Å². The first-order valence-electron chi connectivity index (χ1n) is 5.20. The van der Waals surface area contributed by atoms with Crippen LogP contribution >= 0.6 is 0 Å². The van der Waals surface area contributed by atoms with Crippen molar-refractivity contribution in [2.45, 2.75) is 19.0 Å². The van der Waals surface area contributed by atoms with Gasteiger partial charge in [-0.3, -0.25) is 14.9 Å². The molecular weight excluding hydrogens is 240 g/mol. The molecule has 1 aromatic rings. The highest BCUT2D eigenvalue weighted by molar-refractivity contribution is 5.65. The first-order chi connectivity index (χ1) is 8.56. The fourth-order valence-electron chi connectivity index (χ4n) is 1.47. The Morgan fingerprint density at radius 1 is 1.44 bits per heavy atom. The SMILES string of the molecule is CC(=O)OCC(C(N=O)c1ccccc1)[N+](=O)[O-]. The standard InChI is InChI=1S/C11H12N2O5/c1-8(14)18-7-10(13(16)17)11(12-15)9-5-3-2-4-6-9/h2-6,10-11H,7H2,1H3. The molecule has 0 amide bonds. The monoisotopic (exact) mass is 252 g/mol. The highest BCUT2D eigenvalue weighted by atomic mass is 16.6. The maximum absolute atomic E-state index is 10.9. The van der Waals surface area contributed by atoms with Crippen molar-refractivity contribution in [3.05, 3.63) is 50.9 Å². The normalized spacial score (nSPS) is 13.4. The number of hydrogen-bond acceptors (Lipinski definition) is 6. The number of carbonyl (C=O) groups is 1. The quantitative estimate of drug-likeness (QED) is 0.332. The van der Waals surface area contributed by atoms with Crippen LogP contribution in [0.3, 0.4) is 0 Å². The summed E-state index contributed by atoms with van der Waals surface area (Å²) in [6.07, 6.45) is 0. The molecule has 2 atom stereocenters. The summed E-state index contributed by atoms with van der Waals surface area (Å²) in [7, 11) is 0. The van der Waals surface area contributed by atoms with E-state index in [1.54, 1.807) is 30.3 Å². The number of nitroso groups, excluding NO2 is 1. The van der Waals surface area contributed by atoms with E-state index in [-0.39, 0.29) is 0 Å². The van der Waals surface area contributed by atoms with E-state index in [0.717, 1.165) is 6.92 Å². The van der Waals surface area contributed by atoms with Crippen molar-refractivity contribution < 1.29 is 14.5 Å². The largest absolute Gasteiger partial charge is 0.458 e. The van der Waals surface area contributed by atoms with Crippen LogP contribution < -0.4 is 0 Å². The summed E-state index contributed by atoms with van der Waals surface area (Å²) in [6, 6.07) is 5.59. The molecule has 0 N–H and O–H groups in total. The molecule has 7 nitrogen and oxygen atoms in total. The summed E-state index contributed by atoms with van der Waals surface area (Å²) in [5, 5.41) is 13.7. The summed E-state index contributed by atoms with van der Waals surface area (Å²) < 4.78 is 4.59. The lowest BCUT2D eigenvalue weighted by Crippen LogP contribution is -2.32. The van der Waals surface area contributed by atoms with Gasteiger partial charge in [-0.1, -0.05) is 35.5 Å². The molecule has 0 spiro atoms. The molecule has 18 heavy (non-hydrogen) atoms. The molecule has 0 aromatic heterocycles. The first-order valence-corrected chi connectivity index (χ1v) is 5.20. The van der Waals surface area contributed by atoms with Gasteiger partial charge < -0.3 is 4.74 Å². The maximum Gasteiger partial charge on any atom is 0.302 e. The van der Waals surface area contributed by atoms with Crippen molar-refractivity contribution >= 4 is 5.97 Å². The fraction of sp³-hybridized carbons (Fsp3) is 0.364. The van der Waals surface area contributed by atoms with Crippen LogP contribution in [-0.2, 0) is 9.53 Å². The van der Waals surface area contributed by atoms with Crippen LogP contribution in [0, 0.1) is 15.0 Å². The van der Waals surface area contributed by atoms with Crippen molar-refractivity contribution in [2.24, 2.45) is 5.18 Å². The summed E-state index contributed by atoms with van der Waals surface area (Å²) in [6.45, 7) is 0.663. The van der Waals surface area contributed by atoms with Gasteiger partial charge in [0, 0.05) is 11.8 Å². The lowest BCUT2D eigenvalue weighted by atomic mass is 10.0. The second-order valence-corrected chi connectivity index (χ2v) is 3.62. The van der Waals surface area contributed by atoms with E-state index in [2.05, 4.69) is 9.91 Å². The van der Waals surface area contributed by atoms with Crippen LogP contribution in [0.4, 0.5) is 0 Å². The number of hydrogen-bond donors (Lipinski definition) is 0.